The summed E-state index contributed by atoms with van der Waals surface area (Å²) in [5, 5.41) is 8.78. The first-order valence-corrected chi connectivity index (χ1v) is 4.05. The van der Waals surface area contributed by atoms with Crippen molar-refractivity contribution in [1.29, 1.82) is 5.26 Å². The highest BCUT2D eigenvalue weighted by molar-refractivity contribution is 6.33. The van der Waals surface area contributed by atoms with E-state index in [1.807, 2.05) is 6.07 Å². The Balaban J connectivity index is 3.30. The van der Waals surface area contributed by atoms with Crippen LogP contribution in [0, 0.1) is 11.3 Å². The lowest BCUT2D eigenvalue weighted by Crippen LogP contribution is -2.04. The van der Waals surface area contributed by atoms with Gasteiger partial charge >= 0.3 is 5.97 Å². The van der Waals surface area contributed by atoms with Gasteiger partial charge in [0, 0.05) is 0 Å². The topological polar surface area (TPSA) is 76.1 Å². The van der Waals surface area contributed by atoms with Crippen molar-refractivity contribution in [1.82, 2.24) is 0 Å². The van der Waals surface area contributed by atoms with Crippen LogP contribution in [-0.2, 0) is 4.74 Å². The first-order valence-electron chi connectivity index (χ1n) is 3.67. The molecule has 0 fully saturated rings. The number of hydrogen-bond acceptors (Lipinski definition) is 4. The van der Waals surface area contributed by atoms with Gasteiger partial charge < -0.3 is 10.5 Å². The monoisotopic (exact) mass is 210 g/mol. The van der Waals surface area contributed by atoms with Crippen LogP contribution >= 0.6 is 11.6 Å². The lowest BCUT2D eigenvalue weighted by molar-refractivity contribution is 0.0601. The second-order valence-electron chi connectivity index (χ2n) is 2.52. The van der Waals surface area contributed by atoms with Gasteiger partial charge in [0.2, 0.25) is 0 Å². The van der Waals surface area contributed by atoms with Crippen molar-refractivity contribution < 1.29 is 9.53 Å². The summed E-state index contributed by atoms with van der Waals surface area (Å²) < 4.78 is 4.48. The third-order valence-corrected chi connectivity index (χ3v) is 1.98. The highest BCUT2D eigenvalue weighted by Crippen LogP contribution is 2.23. The second-order valence-corrected chi connectivity index (χ2v) is 2.93. The Hall–Kier alpha value is -1.73. The minimum absolute atomic E-state index is 0.155. The number of nitrogens with zero attached hydrogens (tertiary/aromatic N) is 1. The van der Waals surface area contributed by atoms with Gasteiger partial charge in [-0.25, -0.2) is 4.79 Å². The van der Waals surface area contributed by atoms with Crippen LogP contribution in [0.1, 0.15) is 15.9 Å². The van der Waals surface area contributed by atoms with E-state index in [-0.39, 0.29) is 21.8 Å². The van der Waals surface area contributed by atoms with E-state index in [4.69, 9.17) is 22.6 Å². The van der Waals surface area contributed by atoms with Gasteiger partial charge in [0.25, 0.3) is 0 Å². The van der Waals surface area contributed by atoms with E-state index >= 15 is 0 Å². The average Bonchev–Trinajstić information content (AvgIpc) is 2.19. The molecule has 14 heavy (non-hydrogen) atoms. The fraction of sp³-hybridized carbons (Fsp3) is 0.111. The van der Waals surface area contributed by atoms with Crippen LogP contribution in [0.25, 0.3) is 0 Å². The molecular formula is C9H7ClN2O2. The van der Waals surface area contributed by atoms with Crippen LogP contribution in [0.2, 0.25) is 5.02 Å². The predicted octanol–water partition coefficient (Wildman–Crippen LogP) is 1.58. The molecule has 0 aliphatic heterocycles. The van der Waals surface area contributed by atoms with E-state index in [9.17, 15) is 4.79 Å². The Kier molecular flexibility index (Phi) is 2.95. The summed E-state index contributed by atoms with van der Waals surface area (Å²) >= 11 is 5.75. The number of nitrogens with two attached hydrogens (primary N) is 1. The van der Waals surface area contributed by atoms with Gasteiger partial charge in [-0.1, -0.05) is 11.6 Å². The van der Waals surface area contributed by atoms with Crippen LogP contribution in [-0.4, -0.2) is 13.1 Å². The number of ether oxygens (including phenoxy) is 1. The lowest BCUT2D eigenvalue weighted by atomic mass is 10.1. The van der Waals surface area contributed by atoms with Gasteiger partial charge in [0.15, 0.2) is 0 Å². The average molecular weight is 211 g/mol. The van der Waals surface area contributed by atoms with Crippen molar-refractivity contribution in [3.63, 3.8) is 0 Å². The number of rotatable bonds is 1. The number of carbonyl (C=O) groups excluding carboxylic acids is 1. The Labute approximate surface area is 85.8 Å². The molecule has 1 aromatic carbocycles. The van der Waals surface area contributed by atoms with Crippen LogP contribution in [0.15, 0.2) is 12.1 Å². The first-order chi connectivity index (χ1) is 6.60. The number of benzene rings is 1. The fourth-order valence-corrected chi connectivity index (χ4v) is 1.19. The van der Waals surface area contributed by atoms with Crippen molar-refractivity contribution in [2.75, 3.05) is 12.8 Å². The molecule has 0 aliphatic rings. The van der Waals surface area contributed by atoms with E-state index in [1.54, 1.807) is 0 Å². The minimum atomic E-state index is -0.578. The molecule has 0 aromatic heterocycles. The molecule has 0 spiro atoms. The van der Waals surface area contributed by atoms with Gasteiger partial charge in [0.05, 0.1) is 28.9 Å². The maximum absolute atomic E-state index is 11.1. The van der Waals surface area contributed by atoms with Crippen LogP contribution in [0.4, 0.5) is 5.69 Å². The SMILES string of the molecule is COC(=O)c1cc(N)c(C#N)cc1Cl. The van der Waals surface area contributed by atoms with Crippen molar-refractivity contribution in [3.05, 3.63) is 28.3 Å². The van der Waals surface area contributed by atoms with Crippen LogP contribution in [0.3, 0.4) is 0 Å². The normalized spacial score (nSPS) is 9.21. The summed E-state index contributed by atoms with van der Waals surface area (Å²) in [5.74, 6) is -0.578. The molecule has 1 rings (SSSR count). The molecule has 0 bridgehead atoms. The van der Waals surface area contributed by atoms with E-state index in [2.05, 4.69) is 4.74 Å². The summed E-state index contributed by atoms with van der Waals surface area (Å²) in [5.41, 5.74) is 6.11. The Bertz CT molecular complexity index is 424. The van der Waals surface area contributed by atoms with Gasteiger partial charge in [-0.2, -0.15) is 5.26 Å². The van der Waals surface area contributed by atoms with Crippen molar-refractivity contribution in [3.8, 4) is 6.07 Å². The quantitative estimate of drug-likeness (QED) is 0.564. The predicted molar refractivity (Wildman–Crippen MR) is 51.9 cm³/mol. The zero-order valence-corrected chi connectivity index (χ0v) is 8.13. The van der Waals surface area contributed by atoms with Crippen LogP contribution in [0.5, 0.6) is 0 Å². The molecule has 0 aliphatic carbocycles. The standard InChI is InChI=1S/C9H7ClN2O2/c1-14-9(13)6-3-8(12)5(4-11)2-7(6)10/h2-3H,12H2,1H3. The summed E-state index contributed by atoms with van der Waals surface area (Å²) in [7, 11) is 1.24. The van der Waals surface area contributed by atoms with E-state index in [0.29, 0.717) is 0 Å². The maximum Gasteiger partial charge on any atom is 0.339 e. The number of hydrogen-bond donors (Lipinski definition) is 1. The number of esters is 1. The Morgan fingerprint density at radius 1 is 1.64 bits per heavy atom. The third-order valence-electron chi connectivity index (χ3n) is 1.66. The molecule has 0 radical (unpaired) electrons. The molecule has 72 valence electrons. The molecule has 0 atom stereocenters. The van der Waals surface area contributed by atoms with Crippen molar-refractivity contribution in [2.45, 2.75) is 0 Å². The number of carbonyl (C=O) groups is 1. The summed E-state index contributed by atoms with van der Waals surface area (Å²) in [4.78, 5) is 11.1. The zero-order chi connectivity index (χ0) is 10.7. The van der Waals surface area contributed by atoms with Crippen LogP contribution < -0.4 is 5.73 Å². The zero-order valence-electron chi connectivity index (χ0n) is 7.37. The number of nitrogen functional groups attached to an aromatic ring is 1. The van der Waals surface area contributed by atoms with E-state index < -0.39 is 5.97 Å². The number of halogens is 1. The van der Waals surface area contributed by atoms with E-state index in [1.165, 1.54) is 19.2 Å². The fourth-order valence-electron chi connectivity index (χ4n) is 0.953. The number of anilines is 1. The molecule has 0 heterocycles. The molecule has 4 nitrogen and oxygen atoms in total. The molecule has 2 N–H and O–H groups in total. The molecule has 1 aromatic rings. The minimum Gasteiger partial charge on any atom is -0.465 e. The lowest BCUT2D eigenvalue weighted by Gasteiger charge is -2.04. The Morgan fingerprint density at radius 2 is 2.29 bits per heavy atom. The van der Waals surface area contributed by atoms with Crippen molar-refractivity contribution >= 4 is 23.3 Å². The Morgan fingerprint density at radius 3 is 2.79 bits per heavy atom. The molecular weight excluding hydrogens is 204 g/mol. The van der Waals surface area contributed by atoms with Gasteiger partial charge in [-0.05, 0) is 12.1 Å². The van der Waals surface area contributed by atoms with Crippen molar-refractivity contribution in [2.24, 2.45) is 0 Å². The number of nitriles is 1. The molecule has 5 heteroatoms. The highest BCUT2D eigenvalue weighted by atomic mass is 35.5. The summed E-state index contributed by atoms with van der Waals surface area (Å²) in [6, 6.07) is 4.52. The molecule has 0 amide bonds. The summed E-state index contributed by atoms with van der Waals surface area (Å²) in [6.07, 6.45) is 0. The summed E-state index contributed by atoms with van der Waals surface area (Å²) in [6.45, 7) is 0. The third kappa shape index (κ3) is 1.78. The maximum atomic E-state index is 11.1. The molecule has 0 unspecified atom stereocenters. The van der Waals surface area contributed by atoms with Gasteiger partial charge in [-0.3, -0.25) is 0 Å². The smallest absolute Gasteiger partial charge is 0.339 e. The first kappa shape index (κ1) is 10.4. The molecule has 0 saturated carbocycles. The van der Waals surface area contributed by atoms with Gasteiger partial charge in [0.1, 0.15) is 6.07 Å². The van der Waals surface area contributed by atoms with Gasteiger partial charge in [-0.15, -0.1) is 0 Å². The second kappa shape index (κ2) is 3.99. The van der Waals surface area contributed by atoms with E-state index in [0.717, 1.165) is 0 Å². The molecule has 0 saturated heterocycles. The number of methoxy groups -OCH3 is 1. The highest BCUT2D eigenvalue weighted by Gasteiger charge is 2.13. The largest absolute Gasteiger partial charge is 0.465 e.